The number of anilines is 1. The third-order valence-electron chi connectivity index (χ3n) is 5.80. The summed E-state index contributed by atoms with van der Waals surface area (Å²) in [7, 11) is 1.69. The van der Waals surface area contributed by atoms with E-state index in [0.29, 0.717) is 12.0 Å². The number of amides is 1. The maximum absolute atomic E-state index is 12.8. The number of fused-ring (bicyclic) bond motifs is 2. The highest BCUT2D eigenvalue weighted by atomic mass is 16.5. The van der Waals surface area contributed by atoms with Crippen LogP contribution in [0.25, 0.3) is 0 Å². The van der Waals surface area contributed by atoms with Crippen molar-refractivity contribution in [1.29, 1.82) is 0 Å². The molecule has 2 aliphatic carbocycles. The smallest absolute Gasteiger partial charge is 0.268 e. The molecule has 1 heterocycles. The van der Waals surface area contributed by atoms with Crippen LogP contribution in [-0.4, -0.2) is 29.6 Å². The van der Waals surface area contributed by atoms with Crippen molar-refractivity contribution in [2.24, 2.45) is 11.8 Å². The molecule has 3 fully saturated rings. The Morgan fingerprint density at radius 2 is 1.95 bits per heavy atom. The quantitative estimate of drug-likeness (QED) is 0.859. The number of carbonyl (C=O) groups is 1. The molecular weight excluding hydrogens is 276 g/mol. The van der Waals surface area contributed by atoms with Gasteiger partial charge in [-0.15, -0.1) is 0 Å². The van der Waals surface area contributed by atoms with Gasteiger partial charge in [-0.2, -0.15) is 0 Å². The zero-order valence-corrected chi connectivity index (χ0v) is 13.6. The first-order valence-corrected chi connectivity index (χ1v) is 8.31. The summed E-state index contributed by atoms with van der Waals surface area (Å²) < 4.78 is 5.52. The van der Waals surface area contributed by atoms with Crippen molar-refractivity contribution in [1.82, 2.24) is 5.01 Å². The van der Waals surface area contributed by atoms with E-state index in [1.165, 1.54) is 19.3 Å². The van der Waals surface area contributed by atoms with Gasteiger partial charge in [0.2, 0.25) is 0 Å². The maximum Gasteiger partial charge on any atom is 0.268 e. The number of rotatable bonds is 3. The third-order valence-corrected chi connectivity index (χ3v) is 5.80. The van der Waals surface area contributed by atoms with E-state index < -0.39 is 5.54 Å². The average molecular weight is 300 g/mol. The van der Waals surface area contributed by atoms with E-state index in [9.17, 15) is 4.79 Å². The molecule has 0 aromatic heterocycles. The molecule has 1 aliphatic heterocycles. The van der Waals surface area contributed by atoms with Gasteiger partial charge in [-0.3, -0.25) is 9.80 Å². The highest BCUT2D eigenvalue weighted by Crippen LogP contribution is 2.51. The van der Waals surface area contributed by atoms with Crippen LogP contribution in [-0.2, 0) is 4.79 Å². The van der Waals surface area contributed by atoms with Crippen LogP contribution in [0.2, 0.25) is 0 Å². The molecular formula is C18H24N2O2. The van der Waals surface area contributed by atoms with E-state index in [1.807, 2.05) is 43.1 Å². The lowest BCUT2D eigenvalue weighted by Crippen LogP contribution is -2.78. The van der Waals surface area contributed by atoms with E-state index in [1.54, 1.807) is 7.11 Å². The SMILES string of the molecule is COc1ccccc1N1N(C2CC3CCC2C3)C(=O)C1(C)C. The second-order valence-electron chi connectivity index (χ2n) is 7.43. The molecule has 2 saturated carbocycles. The number of hydrogen-bond donors (Lipinski definition) is 0. The first-order valence-electron chi connectivity index (χ1n) is 8.31. The van der Waals surface area contributed by atoms with Gasteiger partial charge in [0, 0.05) is 0 Å². The van der Waals surface area contributed by atoms with E-state index in [4.69, 9.17) is 4.74 Å². The van der Waals surface area contributed by atoms with Crippen LogP contribution in [0, 0.1) is 11.8 Å². The summed E-state index contributed by atoms with van der Waals surface area (Å²) in [5.74, 6) is 2.58. The Balaban J connectivity index is 1.70. The van der Waals surface area contributed by atoms with Gasteiger partial charge in [-0.25, -0.2) is 5.01 Å². The minimum Gasteiger partial charge on any atom is -0.495 e. The fraction of sp³-hybridized carbons (Fsp3) is 0.611. The lowest BCUT2D eigenvalue weighted by atomic mass is 9.88. The Kier molecular flexibility index (Phi) is 2.94. The van der Waals surface area contributed by atoms with Gasteiger partial charge in [0.15, 0.2) is 0 Å². The molecule has 1 amide bonds. The number of carbonyl (C=O) groups excluding carboxylic acids is 1. The molecule has 0 N–H and O–H groups in total. The highest BCUT2D eigenvalue weighted by Gasteiger charge is 2.59. The van der Waals surface area contributed by atoms with Gasteiger partial charge in [0.25, 0.3) is 5.91 Å². The molecule has 4 rings (SSSR count). The largest absolute Gasteiger partial charge is 0.495 e. The Labute approximate surface area is 132 Å². The lowest BCUT2D eigenvalue weighted by Gasteiger charge is -2.60. The monoisotopic (exact) mass is 300 g/mol. The van der Waals surface area contributed by atoms with Gasteiger partial charge in [-0.1, -0.05) is 18.6 Å². The first kappa shape index (κ1) is 13.9. The number of benzene rings is 1. The van der Waals surface area contributed by atoms with E-state index in [-0.39, 0.29) is 5.91 Å². The molecule has 4 nitrogen and oxygen atoms in total. The molecule has 0 spiro atoms. The van der Waals surface area contributed by atoms with Crippen molar-refractivity contribution in [3.05, 3.63) is 24.3 Å². The predicted octanol–water partition coefficient (Wildman–Crippen LogP) is 3.23. The summed E-state index contributed by atoms with van der Waals surface area (Å²) in [5, 5.41) is 4.20. The van der Waals surface area contributed by atoms with E-state index >= 15 is 0 Å². The van der Waals surface area contributed by atoms with E-state index in [0.717, 1.165) is 23.8 Å². The van der Waals surface area contributed by atoms with Crippen molar-refractivity contribution in [2.45, 2.75) is 51.1 Å². The normalized spacial score (nSPS) is 32.3. The summed E-state index contributed by atoms with van der Waals surface area (Å²) in [6.07, 6.45) is 5.09. The minimum atomic E-state index is -0.490. The minimum absolute atomic E-state index is 0.246. The van der Waals surface area contributed by atoms with Crippen LogP contribution in [0.5, 0.6) is 5.75 Å². The van der Waals surface area contributed by atoms with Crippen molar-refractivity contribution in [3.8, 4) is 5.75 Å². The Bertz CT molecular complexity index is 613. The number of ether oxygens (including phenoxy) is 1. The standard InChI is InChI=1S/C18H24N2O2/c1-18(2)17(21)19(15-11-12-8-9-13(15)10-12)20(18)14-6-4-5-7-16(14)22-3/h4-7,12-13,15H,8-11H2,1-3H3. The fourth-order valence-corrected chi connectivity index (χ4v) is 4.72. The van der Waals surface area contributed by atoms with Crippen LogP contribution in [0.15, 0.2) is 24.3 Å². The van der Waals surface area contributed by atoms with Gasteiger partial charge in [0.05, 0.1) is 13.2 Å². The molecule has 4 heteroatoms. The Morgan fingerprint density at radius 3 is 2.59 bits per heavy atom. The fourth-order valence-electron chi connectivity index (χ4n) is 4.72. The maximum atomic E-state index is 12.8. The zero-order chi connectivity index (χ0) is 15.5. The molecule has 0 radical (unpaired) electrons. The highest BCUT2D eigenvalue weighted by molar-refractivity contribution is 5.98. The second kappa shape index (κ2) is 4.64. The van der Waals surface area contributed by atoms with Crippen LogP contribution >= 0.6 is 0 Å². The van der Waals surface area contributed by atoms with E-state index in [2.05, 4.69) is 5.01 Å². The molecule has 1 saturated heterocycles. The number of hydrogen-bond acceptors (Lipinski definition) is 3. The average Bonchev–Trinajstić information content (AvgIpc) is 3.14. The number of methoxy groups -OCH3 is 1. The molecule has 3 unspecified atom stereocenters. The summed E-state index contributed by atoms with van der Waals surface area (Å²) in [6, 6.07) is 8.37. The summed E-state index contributed by atoms with van der Waals surface area (Å²) >= 11 is 0. The molecule has 3 aliphatic rings. The van der Waals surface area contributed by atoms with Gasteiger partial charge < -0.3 is 4.74 Å². The van der Waals surface area contributed by atoms with Crippen LogP contribution in [0.4, 0.5) is 5.69 Å². The van der Waals surface area contributed by atoms with Crippen LogP contribution < -0.4 is 9.75 Å². The Hall–Kier alpha value is -1.71. The number of hydrazine groups is 1. The molecule has 2 bridgehead atoms. The summed E-state index contributed by atoms with van der Waals surface area (Å²) in [6.45, 7) is 4.01. The number of nitrogens with zero attached hydrogens (tertiary/aromatic N) is 2. The number of para-hydroxylation sites is 2. The molecule has 118 valence electrons. The van der Waals surface area contributed by atoms with Gasteiger partial charge >= 0.3 is 0 Å². The second-order valence-corrected chi connectivity index (χ2v) is 7.43. The van der Waals surface area contributed by atoms with Crippen molar-refractivity contribution >= 4 is 11.6 Å². The topological polar surface area (TPSA) is 32.8 Å². The van der Waals surface area contributed by atoms with Crippen molar-refractivity contribution in [3.63, 3.8) is 0 Å². The van der Waals surface area contributed by atoms with Crippen molar-refractivity contribution < 1.29 is 9.53 Å². The third kappa shape index (κ3) is 1.73. The molecule has 1 aromatic rings. The first-order chi connectivity index (χ1) is 10.5. The lowest BCUT2D eigenvalue weighted by molar-refractivity contribution is -0.157. The molecule has 3 atom stereocenters. The Morgan fingerprint density at radius 1 is 1.18 bits per heavy atom. The zero-order valence-electron chi connectivity index (χ0n) is 13.6. The predicted molar refractivity (Wildman–Crippen MR) is 85.6 cm³/mol. The molecule has 1 aromatic carbocycles. The summed E-state index contributed by atoms with van der Waals surface area (Å²) in [4.78, 5) is 12.8. The van der Waals surface area contributed by atoms with Gasteiger partial charge in [-0.05, 0) is 57.1 Å². The molecule has 22 heavy (non-hydrogen) atoms. The van der Waals surface area contributed by atoms with Gasteiger partial charge in [0.1, 0.15) is 17.0 Å². The van der Waals surface area contributed by atoms with Crippen LogP contribution in [0.1, 0.15) is 39.5 Å². The van der Waals surface area contributed by atoms with Crippen LogP contribution in [0.3, 0.4) is 0 Å². The summed E-state index contributed by atoms with van der Waals surface area (Å²) in [5.41, 5.74) is 0.508. The van der Waals surface area contributed by atoms with Crippen molar-refractivity contribution in [2.75, 3.05) is 12.1 Å².